The fraction of sp³-hybridized carbons (Fsp3) is 0.824. The third-order valence-corrected chi connectivity index (χ3v) is 9.06. The van der Waals surface area contributed by atoms with Crippen LogP contribution >= 0.6 is 0 Å². The normalized spacial score (nSPS) is 17.6. The first-order valence-corrected chi connectivity index (χ1v) is 17.5. The van der Waals surface area contributed by atoms with Crippen LogP contribution in [0.4, 0.5) is 0 Å². The summed E-state index contributed by atoms with van der Waals surface area (Å²) in [7, 11) is 0. The van der Waals surface area contributed by atoms with Crippen LogP contribution in [0, 0.1) is 11.8 Å². The highest BCUT2D eigenvalue weighted by atomic mass is 16.6. The van der Waals surface area contributed by atoms with E-state index >= 15 is 0 Å². The van der Waals surface area contributed by atoms with Gasteiger partial charge in [0, 0.05) is 11.8 Å². The fourth-order valence-electron chi connectivity index (χ4n) is 6.71. The van der Waals surface area contributed by atoms with Crippen molar-refractivity contribution < 1.29 is 28.5 Å². The lowest BCUT2D eigenvalue weighted by Gasteiger charge is -2.23. The van der Waals surface area contributed by atoms with E-state index < -0.39 is 11.6 Å². The molecule has 2 heterocycles. The van der Waals surface area contributed by atoms with Crippen LogP contribution in [0.15, 0.2) is 9.05 Å². The van der Waals surface area contributed by atoms with Crippen molar-refractivity contribution in [1.82, 2.24) is 20.3 Å². The summed E-state index contributed by atoms with van der Waals surface area (Å²) in [6.45, 7) is 6.09. The van der Waals surface area contributed by atoms with Gasteiger partial charge in [0.1, 0.15) is 5.60 Å². The van der Waals surface area contributed by atoms with Crippen molar-refractivity contribution in [3.8, 4) is 0 Å². The molecule has 0 spiro atoms. The zero-order chi connectivity index (χ0) is 33.4. The van der Waals surface area contributed by atoms with Gasteiger partial charge in [-0.2, -0.15) is 9.97 Å². The number of rotatable bonds is 16. The van der Waals surface area contributed by atoms with Gasteiger partial charge >= 0.3 is 11.9 Å². The fourth-order valence-corrected chi connectivity index (χ4v) is 6.71. The van der Waals surface area contributed by atoms with Gasteiger partial charge in [0.2, 0.25) is 11.8 Å². The number of nitrogens with two attached hydrogens (primary N) is 2. The Labute approximate surface area is 274 Å². The molecule has 2 fully saturated rings. The van der Waals surface area contributed by atoms with Crippen LogP contribution in [0.3, 0.4) is 0 Å². The second-order valence-electron chi connectivity index (χ2n) is 14.2. The number of hydrogen-bond donors (Lipinski definition) is 3. The Morgan fingerprint density at radius 2 is 1.22 bits per heavy atom. The van der Waals surface area contributed by atoms with E-state index in [0.717, 1.165) is 37.5 Å². The lowest BCUT2D eigenvalue weighted by molar-refractivity contribution is -0.155. The molecular weight excluding hydrogens is 588 g/mol. The molecule has 0 aromatic carbocycles. The Bertz CT molecular complexity index is 1150. The minimum Gasteiger partial charge on any atom is -0.481 e. The summed E-state index contributed by atoms with van der Waals surface area (Å²) in [6.07, 6.45) is 19.9. The molecule has 2 aromatic rings. The molecule has 260 valence electrons. The maximum Gasteiger partial charge on any atom is 0.307 e. The van der Waals surface area contributed by atoms with Crippen molar-refractivity contribution in [2.75, 3.05) is 0 Å². The molecule has 2 aromatic heterocycles. The third kappa shape index (κ3) is 14.3. The first-order chi connectivity index (χ1) is 22.1. The van der Waals surface area contributed by atoms with Gasteiger partial charge in [-0.3, -0.25) is 9.59 Å². The molecular formula is C34H58N6O6. The molecule has 5 N–H and O–H groups in total. The number of carboxylic acid groups (broad SMARTS) is 1. The molecule has 2 saturated carbocycles. The highest BCUT2D eigenvalue weighted by Crippen LogP contribution is 2.32. The number of hydrogen-bond acceptors (Lipinski definition) is 11. The van der Waals surface area contributed by atoms with Gasteiger partial charge < -0.3 is 30.4 Å². The summed E-state index contributed by atoms with van der Waals surface area (Å²) in [4.78, 5) is 31.8. The molecule has 2 atom stereocenters. The smallest absolute Gasteiger partial charge is 0.307 e. The number of aliphatic carboxylic acids is 1. The lowest BCUT2D eigenvalue weighted by atomic mass is 9.84. The Kier molecular flexibility index (Phi) is 16.1. The lowest BCUT2D eigenvalue weighted by Crippen LogP contribution is -2.25. The standard InChI is InChI=1S/C19H33N3O3.C15H25N3O3/c1-19(2,3)24-17(23)12-15(18-21-16(13-20)22-25-18)11-7-10-14-8-5-4-6-9-14;16-10-13-17-15(21-18-13)12(9-14(19)20)8-4-7-11-5-2-1-3-6-11/h14-15H,4-13,20H2,1-3H3;11-12H,1-10,16H2,(H,19,20)/t15-;12-/m11/s1. The van der Waals surface area contributed by atoms with E-state index in [1.165, 1.54) is 77.0 Å². The van der Waals surface area contributed by atoms with Crippen molar-refractivity contribution >= 4 is 11.9 Å². The van der Waals surface area contributed by atoms with Gasteiger partial charge in [-0.05, 0) is 45.4 Å². The molecule has 12 heteroatoms. The maximum absolute atomic E-state index is 12.2. The highest BCUT2D eigenvalue weighted by molar-refractivity contribution is 5.70. The van der Waals surface area contributed by atoms with Crippen LogP contribution in [0.1, 0.15) is 172 Å². The van der Waals surface area contributed by atoms with E-state index in [-0.39, 0.29) is 43.7 Å². The number of carbonyl (C=O) groups is 2. The molecule has 46 heavy (non-hydrogen) atoms. The molecule has 0 radical (unpaired) electrons. The summed E-state index contributed by atoms with van der Waals surface area (Å²) in [5.41, 5.74) is 10.5. The third-order valence-electron chi connectivity index (χ3n) is 9.06. The molecule has 2 aliphatic carbocycles. The summed E-state index contributed by atoms with van der Waals surface area (Å²) in [5, 5.41) is 16.7. The van der Waals surface area contributed by atoms with E-state index in [1.807, 2.05) is 20.8 Å². The average molecular weight is 647 g/mol. The van der Waals surface area contributed by atoms with Crippen LogP contribution in [0.5, 0.6) is 0 Å². The quantitative estimate of drug-likeness (QED) is 0.159. The number of esters is 1. The summed E-state index contributed by atoms with van der Waals surface area (Å²) in [5.74, 6) is 2.16. The van der Waals surface area contributed by atoms with Crippen LogP contribution in [-0.4, -0.2) is 42.9 Å². The van der Waals surface area contributed by atoms with Crippen LogP contribution < -0.4 is 11.5 Å². The number of carboxylic acids is 1. The van der Waals surface area contributed by atoms with Crippen LogP contribution in [-0.2, 0) is 27.4 Å². The van der Waals surface area contributed by atoms with Crippen molar-refractivity contribution in [2.24, 2.45) is 23.3 Å². The van der Waals surface area contributed by atoms with E-state index in [4.69, 9.17) is 30.4 Å². The predicted octanol–water partition coefficient (Wildman–Crippen LogP) is 6.93. The van der Waals surface area contributed by atoms with Gasteiger partial charge in [-0.25, -0.2) is 0 Å². The highest BCUT2D eigenvalue weighted by Gasteiger charge is 2.26. The van der Waals surface area contributed by atoms with Gasteiger partial charge in [0.05, 0.1) is 25.9 Å². The largest absolute Gasteiger partial charge is 0.481 e. The predicted molar refractivity (Wildman–Crippen MR) is 173 cm³/mol. The van der Waals surface area contributed by atoms with Crippen LogP contribution in [0.25, 0.3) is 0 Å². The minimum absolute atomic E-state index is 0.0386. The molecule has 0 aliphatic heterocycles. The molecule has 0 unspecified atom stereocenters. The second kappa shape index (κ2) is 19.7. The van der Waals surface area contributed by atoms with E-state index in [0.29, 0.717) is 23.4 Å². The molecule has 4 rings (SSSR count). The SMILES string of the molecule is CC(C)(C)OC(=O)C[C@@H](CCCC1CCCCC1)c1nc(CN)no1.NCc1noc([C@H](CCCC2CCCCC2)CC(=O)O)n1. The average Bonchev–Trinajstić information content (AvgIpc) is 3.71. The number of nitrogens with zero attached hydrogens (tertiary/aromatic N) is 4. The van der Waals surface area contributed by atoms with Gasteiger partial charge in [-0.15, -0.1) is 0 Å². The molecule has 12 nitrogen and oxygen atoms in total. The summed E-state index contributed by atoms with van der Waals surface area (Å²) < 4.78 is 16.0. The summed E-state index contributed by atoms with van der Waals surface area (Å²) >= 11 is 0. The van der Waals surface area contributed by atoms with Crippen molar-refractivity contribution in [3.63, 3.8) is 0 Å². The van der Waals surface area contributed by atoms with Gasteiger partial charge in [0.15, 0.2) is 11.6 Å². The van der Waals surface area contributed by atoms with Crippen molar-refractivity contribution in [3.05, 3.63) is 23.4 Å². The number of aromatic nitrogens is 4. The molecule has 0 amide bonds. The van der Waals surface area contributed by atoms with Crippen molar-refractivity contribution in [1.29, 1.82) is 0 Å². The second-order valence-corrected chi connectivity index (χ2v) is 14.2. The van der Waals surface area contributed by atoms with Gasteiger partial charge in [-0.1, -0.05) is 100 Å². The first-order valence-electron chi connectivity index (χ1n) is 17.5. The zero-order valence-corrected chi connectivity index (χ0v) is 28.4. The first kappa shape index (κ1) is 37.6. The monoisotopic (exact) mass is 646 g/mol. The van der Waals surface area contributed by atoms with E-state index in [2.05, 4.69) is 20.3 Å². The number of carbonyl (C=O) groups excluding carboxylic acids is 1. The Balaban J connectivity index is 0.000000254. The number of ether oxygens (including phenoxy) is 1. The Morgan fingerprint density at radius 3 is 1.59 bits per heavy atom. The minimum atomic E-state index is -0.829. The van der Waals surface area contributed by atoms with Gasteiger partial charge in [0.25, 0.3) is 0 Å². The van der Waals surface area contributed by atoms with E-state index in [9.17, 15) is 9.59 Å². The molecule has 0 saturated heterocycles. The topological polar surface area (TPSA) is 193 Å². The Hall–Kier alpha value is -2.86. The maximum atomic E-state index is 12.2. The van der Waals surface area contributed by atoms with Crippen molar-refractivity contribution in [2.45, 2.75) is 167 Å². The Morgan fingerprint density at radius 1 is 0.783 bits per heavy atom. The molecule has 2 aliphatic rings. The van der Waals surface area contributed by atoms with Crippen LogP contribution in [0.2, 0.25) is 0 Å². The summed E-state index contributed by atoms with van der Waals surface area (Å²) in [6, 6.07) is 0. The molecule has 0 bridgehead atoms. The zero-order valence-electron chi connectivity index (χ0n) is 28.4. The van der Waals surface area contributed by atoms with E-state index in [1.54, 1.807) is 0 Å².